The molecule has 0 aromatic heterocycles. The molecule has 1 heterocycles. The van der Waals surface area contributed by atoms with Crippen molar-refractivity contribution >= 4 is 17.5 Å². The summed E-state index contributed by atoms with van der Waals surface area (Å²) in [5.74, 6) is 0.954. The number of benzene rings is 2. The molecule has 0 bridgehead atoms. The SMILES string of the molecule is CCC(=O)N(CCOC)CC(=O)N1N=C(c2ccc(OC)cc2OC)C[C@@H]1c1ccc(C)cc1. The van der Waals surface area contributed by atoms with E-state index in [0.29, 0.717) is 37.5 Å². The molecule has 0 radical (unpaired) electrons. The Morgan fingerprint density at radius 3 is 2.44 bits per heavy atom. The Morgan fingerprint density at radius 1 is 1.09 bits per heavy atom. The third-order valence-electron chi connectivity index (χ3n) is 5.89. The van der Waals surface area contributed by atoms with Crippen molar-refractivity contribution in [3.05, 3.63) is 59.2 Å². The number of nitrogens with zero attached hydrogens (tertiary/aromatic N) is 3. The Labute approximate surface area is 201 Å². The Balaban J connectivity index is 1.95. The van der Waals surface area contributed by atoms with Crippen molar-refractivity contribution in [2.75, 3.05) is 41.0 Å². The third kappa shape index (κ3) is 5.75. The normalized spacial score (nSPS) is 15.1. The van der Waals surface area contributed by atoms with Gasteiger partial charge >= 0.3 is 0 Å². The van der Waals surface area contributed by atoms with Crippen molar-refractivity contribution < 1.29 is 23.8 Å². The monoisotopic (exact) mass is 467 g/mol. The van der Waals surface area contributed by atoms with E-state index < -0.39 is 0 Å². The molecule has 2 amide bonds. The predicted molar refractivity (Wildman–Crippen MR) is 130 cm³/mol. The van der Waals surface area contributed by atoms with Crippen LogP contribution in [0.15, 0.2) is 47.6 Å². The molecule has 3 rings (SSSR count). The lowest BCUT2D eigenvalue weighted by Gasteiger charge is -2.26. The molecule has 0 aliphatic carbocycles. The molecule has 0 N–H and O–H groups in total. The maximum atomic E-state index is 13.5. The number of methoxy groups -OCH3 is 3. The van der Waals surface area contributed by atoms with Crippen LogP contribution in [-0.2, 0) is 14.3 Å². The van der Waals surface area contributed by atoms with Gasteiger partial charge in [0.05, 0.1) is 32.6 Å². The molecule has 8 nitrogen and oxygen atoms in total. The van der Waals surface area contributed by atoms with Gasteiger partial charge in [0.15, 0.2) is 0 Å². The number of aryl methyl sites for hydroxylation is 1. The van der Waals surface area contributed by atoms with Crippen LogP contribution < -0.4 is 9.47 Å². The minimum Gasteiger partial charge on any atom is -0.497 e. The molecule has 1 aliphatic rings. The van der Waals surface area contributed by atoms with Crippen molar-refractivity contribution in [2.24, 2.45) is 5.10 Å². The molecule has 0 saturated carbocycles. The number of hydrogen-bond donors (Lipinski definition) is 0. The van der Waals surface area contributed by atoms with Crippen LogP contribution in [0.3, 0.4) is 0 Å². The van der Waals surface area contributed by atoms with Gasteiger partial charge in [-0.2, -0.15) is 5.10 Å². The number of ether oxygens (including phenoxy) is 3. The molecule has 182 valence electrons. The molecule has 0 fully saturated rings. The van der Waals surface area contributed by atoms with E-state index in [-0.39, 0.29) is 24.4 Å². The Kier molecular flexibility index (Phi) is 8.65. The maximum Gasteiger partial charge on any atom is 0.262 e. The first-order valence-corrected chi connectivity index (χ1v) is 11.4. The lowest BCUT2D eigenvalue weighted by molar-refractivity contribution is -0.141. The van der Waals surface area contributed by atoms with Gasteiger partial charge in [-0.15, -0.1) is 0 Å². The smallest absolute Gasteiger partial charge is 0.262 e. The maximum absolute atomic E-state index is 13.5. The van der Waals surface area contributed by atoms with Crippen LogP contribution in [0.25, 0.3) is 0 Å². The topological polar surface area (TPSA) is 80.7 Å². The summed E-state index contributed by atoms with van der Waals surface area (Å²) in [6, 6.07) is 13.3. The highest BCUT2D eigenvalue weighted by Gasteiger charge is 2.35. The summed E-state index contributed by atoms with van der Waals surface area (Å²) in [6.07, 6.45) is 0.841. The fourth-order valence-corrected chi connectivity index (χ4v) is 3.94. The number of carbonyl (C=O) groups is 2. The summed E-state index contributed by atoms with van der Waals surface area (Å²) < 4.78 is 16.0. The van der Waals surface area contributed by atoms with Crippen molar-refractivity contribution in [1.82, 2.24) is 9.91 Å². The molecule has 0 spiro atoms. The van der Waals surface area contributed by atoms with Gasteiger partial charge in [-0.3, -0.25) is 9.59 Å². The van der Waals surface area contributed by atoms with E-state index in [4.69, 9.17) is 19.3 Å². The van der Waals surface area contributed by atoms with Crippen molar-refractivity contribution in [3.8, 4) is 11.5 Å². The zero-order valence-corrected chi connectivity index (χ0v) is 20.5. The van der Waals surface area contributed by atoms with Crippen LogP contribution in [0.4, 0.5) is 0 Å². The molecule has 8 heteroatoms. The zero-order valence-electron chi connectivity index (χ0n) is 20.5. The highest BCUT2D eigenvalue weighted by molar-refractivity contribution is 6.05. The molecular formula is C26H33N3O5. The first kappa shape index (κ1) is 25.2. The number of amides is 2. The fraction of sp³-hybridized carbons (Fsp3) is 0.423. The predicted octanol–water partition coefficient (Wildman–Crippen LogP) is 3.57. The van der Waals surface area contributed by atoms with Gasteiger partial charge in [-0.1, -0.05) is 36.8 Å². The number of hydrogen-bond acceptors (Lipinski definition) is 6. The van der Waals surface area contributed by atoms with E-state index in [1.807, 2.05) is 43.3 Å². The summed E-state index contributed by atoms with van der Waals surface area (Å²) in [4.78, 5) is 27.4. The molecule has 34 heavy (non-hydrogen) atoms. The van der Waals surface area contributed by atoms with E-state index in [0.717, 1.165) is 22.4 Å². The first-order chi connectivity index (χ1) is 16.4. The molecule has 1 atom stereocenters. The second-order valence-corrected chi connectivity index (χ2v) is 8.14. The van der Waals surface area contributed by atoms with Crippen LogP contribution in [0.5, 0.6) is 11.5 Å². The van der Waals surface area contributed by atoms with Gasteiger partial charge in [-0.05, 0) is 24.6 Å². The van der Waals surface area contributed by atoms with E-state index in [2.05, 4.69) is 0 Å². The quantitative estimate of drug-likeness (QED) is 0.534. The summed E-state index contributed by atoms with van der Waals surface area (Å²) in [7, 11) is 4.77. The minimum absolute atomic E-state index is 0.0606. The number of rotatable bonds is 10. The minimum atomic E-state index is -0.282. The van der Waals surface area contributed by atoms with Gasteiger partial charge in [0.25, 0.3) is 5.91 Å². The van der Waals surface area contributed by atoms with Gasteiger partial charge < -0.3 is 19.1 Å². The number of hydrazone groups is 1. The highest BCUT2D eigenvalue weighted by atomic mass is 16.5. The van der Waals surface area contributed by atoms with Gasteiger partial charge in [0.1, 0.15) is 18.0 Å². The molecule has 0 saturated heterocycles. The Hall–Kier alpha value is -3.39. The lowest BCUT2D eigenvalue weighted by Crippen LogP contribution is -2.42. The second-order valence-electron chi connectivity index (χ2n) is 8.14. The van der Waals surface area contributed by atoms with Gasteiger partial charge in [0.2, 0.25) is 5.91 Å². The first-order valence-electron chi connectivity index (χ1n) is 11.4. The summed E-state index contributed by atoms with van der Waals surface area (Å²) in [5.41, 5.74) is 3.66. The summed E-state index contributed by atoms with van der Waals surface area (Å²) >= 11 is 0. The number of carbonyl (C=O) groups excluding carboxylic acids is 2. The summed E-state index contributed by atoms with van der Waals surface area (Å²) in [5, 5.41) is 6.24. The van der Waals surface area contributed by atoms with Crippen LogP contribution in [0.1, 0.15) is 42.5 Å². The third-order valence-corrected chi connectivity index (χ3v) is 5.89. The molecule has 2 aromatic carbocycles. The lowest BCUT2D eigenvalue weighted by atomic mass is 9.97. The standard InChI is InChI=1S/C26H33N3O5/c1-6-25(30)28(13-14-32-3)17-26(31)29-23(19-9-7-18(2)8-10-19)16-22(27-29)21-12-11-20(33-4)15-24(21)34-5/h7-12,15,23H,6,13-14,16-17H2,1-5H3/t23-/m1/s1. The summed E-state index contributed by atoms with van der Waals surface area (Å²) in [6.45, 7) is 4.45. The zero-order chi connectivity index (χ0) is 24.7. The second kappa shape index (κ2) is 11.7. The van der Waals surface area contributed by atoms with Crippen molar-refractivity contribution in [1.29, 1.82) is 0 Å². The van der Waals surface area contributed by atoms with Crippen molar-refractivity contribution in [2.45, 2.75) is 32.7 Å². The Bertz CT molecular complexity index is 1040. The fourth-order valence-electron chi connectivity index (χ4n) is 3.94. The van der Waals surface area contributed by atoms with E-state index in [1.165, 1.54) is 9.91 Å². The van der Waals surface area contributed by atoms with Crippen LogP contribution in [-0.4, -0.2) is 68.5 Å². The van der Waals surface area contributed by atoms with E-state index >= 15 is 0 Å². The van der Waals surface area contributed by atoms with Gasteiger partial charge in [0, 0.05) is 38.1 Å². The average Bonchev–Trinajstić information content (AvgIpc) is 3.31. The molecule has 2 aromatic rings. The van der Waals surface area contributed by atoms with Crippen LogP contribution in [0, 0.1) is 6.92 Å². The molecular weight excluding hydrogens is 434 g/mol. The largest absolute Gasteiger partial charge is 0.497 e. The van der Waals surface area contributed by atoms with Crippen molar-refractivity contribution in [3.63, 3.8) is 0 Å². The average molecular weight is 468 g/mol. The Morgan fingerprint density at radius 2 is 1.82 bits per heavy atom. The van der Waals surface area contributed by atoms with Gasteiger partial charge in [-0.25, -0.2) is 5.01 Å². The van der Waals surface area contributed by atoms with Crippen LogP contribution in [0.2, 0.25) is 0 Å². The molecule has 0 unspecified atom stereocenters. The molecule has 1 aliphatic heterocycles. The highest BCUT2D eigenvalue weighted by Crippen LogP contribution is 2.36. The van der Waals surface area contributed by atoms with E-state index in [9.17, 15) is 9.59 Å². The van der Waals surface area contributed by atoms with E-state index in [1.54, 1.807) is 34.3 Å². The van der Waals surface area contributed by atoms with Crippen LogP contribution >= 0.6 is 0 Å².